The van der Waals surface area contributed by atoms with E-state index in [4.69, 9.17) is 5.10 Å². The molecule has 1 aromatic rings. The van der Waals surface area contributed by atoms with E-state index in [-0.39, 0.29) is 40.6 Å². The number of rotatable bonds is 2. The molecule has 1 unspecified atom stereocenters. The van der Waals surface area contributed by atoms with Crippen LogP contribution in [-0.4, -0.2) is 28.8 Å². The third-order valence-corrected chi connectivity index (χ3v) is 5.47. The predicted molar refractivity (Wildman–Crippen MR) is 104 cm³/mol. The average Bonchev–Trinajstić information content (AvgIpc) is 2.94. The molecule has 1 aliphatic carbocycles. The summed E-state index contributed by atoms with van der Waals surface area (Å²) < 4.78 is 1.96. The highest BCUT2D eigenvalue weighted by molar-refractivity contribution is 5.94. The van der Waals surface area contributed by atoms with E-state index >= 15 is 0 Å². The van der Waals surface area contributed by atoms with Crippen LogP contribution in [0.1, 0.15) is 66.5 Å². The molecule has 0 aromatic carbocycles. The van der Waals surface area contributed by atoms with Gasteiger partial charge in [0.05, 0.1) is 11.2 Å². The Labute approximate surface area is 157 Å². The van der Waals surface area contributed by atoms with Crippen molar-refractivity contribution in [2.24, 2.45) is 11.3 Å². The highest BCUT2D eigenvalue weighted by atomic mass is 35.5. The third kappa shape index (κ3) is 4.03. The largest absolute Gasteiger partial charge is 0.317 e. The lowest BCUT2D eigenvalue weighted by Gasteiger charge is -2.24. The van der Waals surface area contributed by atoms with Gasteiger partial charge in [-0.1, -0.05) is 20.8 Å². The van der Waals surface area contributed by atoms with Crippen molar-refractivity contribution in [3.63, 3.8) is 0 Å². The maximum Gasteiger partial charge on any atom is 0.229 e. The molecule has 5 nitrogen and oxygen atoms in total. The summed E-state index contributed by atoms with van der Waals surface area (Å²) in [5.74, 6) is 1.16. The van der Waals surface area contributed by atoms with Gasteiger partial charge in [-0.25, -0.2) is 4.68 Å². The van der Waals surface area contributed by atoms with Gasteiger partial charge in [0.1, 0.15) is 5.82 Å². The molecule has 1 saturated heterocycles. The van der Waals surface area contributed by atoms with Gasteiger partial charge >= 0.3 is 0 Å². The van der Waals surface area contributed by atoms with Crippen LogP contribution in [-0.2, 0) is 15.7 Å². The number of aromatic nitrogens is 2. The van der Waals surface area contributed by atoms with Crippen LogP contribution in [0.4, 0.5) is 5.82 Å². The number of halogens is 1. The number of hydrogen-bond acceptors (Lipinski definition) is 3. The Hall–Kier alpha value is -1.07. The SMILES string of the molecule is CC(C)(C)c1cc(NC(=O)C2CC23CCNCC3)n(C(C)(C)C)n1.Cl. The monoisotopic (exact) mass is 368 g/mol. The van der Waals surface area contributed by atoms with E-state index in [1.165, 1.54) is 0 Å². The van der Waals surface area contributed by atoms with Crippen molar-refractivity contribution < 1.29 is 4.79 Å². The van der Waals surface area contributed by atoms with Crippen LogP contribution in [0, 0.1) is 11.3 Å². The lowest BCUT2D eigenvalue weighted by atomic mass is 9.91. The number of amides is 1. The van der Waals surface area contributed by atoms with E-state index in [2.05, 4.69) is 52.2 Å². The molecule has 1 saturated carbocycles. The summed E-state index contributed by atoms with van der Waals surface area (Å²) in [7, 11) is 0. The molecular weight excluding hydrogens is 336 g/mol. The standard InChI is InChI=1S/C19H32N4O.ClH/c1-17(2,3)14-11-15(23(22-14)18(4,5)6)21-16(24)13-12-19(13)7-9-20-10-8-19;/h11,13,20H,7-10,12H2,1-6H3,(H,21,24);1H. The summed E-state index contributed by atoms with van der Waals surface area (Å²) >= 11 is 0. The molecular formula is C19H33ClN4O. The van der Waals surface area contributed by atoms with Gasteiger partial charge in [-0.2, -0.15) is 5.10 Å². The lowest BCUT2D eigenvalue weighted by Crippen LogP contribution is -2.32. The number of nitrogens with one attached hydrogen (secondary N) is 2. The molecule has 1 amide bonds. The minimum absolute atomic E-state index is 0. The van der Waals surface area contributed by atoms with Crippen molar-refractivity contribution >= 4 is 24.1 Å². The van der Waals surface area contributed by atoms with Crippen LogP contribution in [0.3, 0.4) is 0 Å². The maximum absolute atomic E-state index is 12.8. The van der Waals surface area contributed by atoms with E-state index in [0.717, 1.165) is 43.9 Å². The molecule has 142 valence electrons. The highest BCUT2D eigenvalue weighted by Gasteiger charge is 2.57. The smallest absolute Gasteiger partial charge is 0.229 e. The summed E-state index contributed by atoms with van der Waals surface area (Å²) in [4.78, 5) is 12.8. The van der Waals surface area contributed by atoms with E-state index in [0.29, 0.717) is 0 Å². The van der Waals surface area contributed by atoms with Crippen LogP contribution < -0.4 is 10.6 Å². The topological polar surface area (TPSA) is 59.0 Å². The first-order valence-electron chi connectivity index (χ1n) is 9.16. The molecule has 1 atom stereocenters. The summed E-state index contributed by atoms with van der Waals surface area (Å²) in [5, 5.41) is 11.4. The molecule has 25 heavy (non-hydrogen) atoms. The fourth-order valence-electron chi connectivity index (χ4n) is 3.76. The first-order chi connectivity index (χ1) is 11.0. The number of anilines is 1. The molecule has 2 aliphatic rings. The van der Waals surface area contributed by atoms with Gasteiger partial charge in [-0.15, -0.1) is 12.4 Å². The minimum atomic E-state index is -0.165. The van der Waals surface area contributed by atoms with Crippen LogP contribution in [0.15, 0.2) is 6.07 Å². The van der Waals surface area contributed by atoms with Gasteiger partial charge in [0.25, 0.3) is 0 Å². The number of carbonyl (C=O) groups is 1. The fourth-order valence-corrected chi connectivity index (χ4v) is 3.76. The first kappa shape index (κ1) is 20.2. The Morgan fingerprint density at radius 3 is 2.36 bits per heavy atom. The van der Waals surface area contributed by atoms with Crippen molar-refractivity contribution in [3.8, 4) is 0 Å². The fraction of sp³-hybridized carbons (Fsp3) is 0.789. The molecule has 2 N–H and O–H groups in total. The predicted octanol–water partition coefficient (Wildman–Crippen LogP) is 3.69. The minimum Gasteiger partial charge on any atom is -0.317 e. The van der Waals surface area contributed by atoms with Gasteiger partial charge < -0.3 is 10.6 Å². The van der Waals surface area contributed by atoms with Gasteiger partial charge in [0, 0.05) is 17.4 Å². The van der Waals surface area contributed by atoms with E-state index in [1.807, 2.05) is 10.7 Å². The van der Waals surface area contributed by atoms with Crippen LogP contribution in [0.5, 0.6) is 0 Å². The van der Waals surface area contributed by atoms with Crippen molar-refractivity contribution in [1.29, 1.82) is 0 Å². The average molecular weight is 369 g/mol. The second-order valence-electron chi connectivity index (χ2n) is 9.61. The van der Waals surface area contributed by atoms with Crippen LogP contribution >= 0.6 is 12.4 Å². The molecule has 3 rings (SSSR count). The molecule has 2 fully saturated rings. The Balaban J connectivity index is 0.00000225. The van der Waals surface area contributed by atoms with Crippen molar-refractivity contribution in [2.45, 2.75) is 71.8 Å². The zero-order valence-electron chi connectivity index (χ0n) is 16.4. The first-order valence-corrected chi connectivity index (χ1v) is 9.16. The maximum atomic E-state index is 12.8. The summed E-state index contributed by atoms with van der Waals surface area (Å²) in [6.45, 7) is 14.9. The molecule has 6 heteroatoms. The molecule has 1 aromatic heterocycles. The normalized spacial score (nSPS) is 22.4. The Kier molecular flexibility index (Phi) is 5.33. The van der Waals surface area contributed by atoms with E-state index in [1.54, 1.807) is 0 Å². The zero-order chi connectivity index (χ0) is 17.8. The third-order valence-electron chi connectivity index (χ3n) is 5.47. The zero-order valence-corrected chi connectivity index (χ0v) is 17.2. The van der Waals surface area contributed by atoms with Gasteiger partial charge in [0.2, 0.25) is 5.91 Å². The Bertz CT molecular complexity index is 633. The number of nitrogens with zero attached hydrogens (tertiary/aromatic N) is 2. The lowest BCUT2D eigenvalue weighted by molar-refractivity contribution is -0.118. The van der Waals surface area contributed by atoms with Crippen molar-refractivity contribution in [2.75, 3.05) is 18.4 Å². The summed E-state index contributed by atoms with van der Waals surface area (Å²) in [5.41, 5.74) is 1.07. The molecule has 1 spiro atoms. The Morgan fingerprint density at radius 1 is 1.24 bits per heavy atom. The quantitative estimate of drug-likeness (QED) is 0.837. The van der Waals surface area contributed by atoms with E-state index < -0.39 is 0 Å². The Morgan fingerprint density at radius 2 is 1.84 bits per heavy atom. The summed E-state index contributed by atoms with van der Waals surface area (Å²) in [6, 6.07) is 2.04. The molecule has 2 heterocycles. The molecule has 1 aliphatic heterocycles. The molecule has 0 radical (unpaired) electrons. The summed E-state index contributed by atoms with van der Waals surface area (Å²) in [6.07, 6.45) is 3.28. The molecule has 0 bridgehead atoms. The number of piperidine rings is 1. The van der Waals surface area contributed by atoms with Crippen LogP contribution in [0.2, 0.25) is 0 Å². The van der Waals surface area contributed by atoms with Crippen molar-refractivity contribution in [1.82, 2.24) is 15.1 Å². The highest BCUT2D eigenvalue weighted by Crippen LogP contribution is 2.58. The second-order valence-corrected chi connectivity index (χ2v) is 9.61. The van der Waals surface area contributed by atoms with Gasteiger partial charge in [0.15, 0.2) is 0 Å². The van der Waals surface area contributed by atoms with Gasteiger partial charge in [-0.05, 0) is 58.5 Å². The van der Waals surface area contributed by atoms with E-state index in [9.17, 15) is 4.79 Å². The van der Waals surface area contributed by atoms with Crippen LogP contribution in [0.25, 0.3) is 0 Å². The second kappa shape index (κ2) is 6.58. The number of carbonyl (C=O) groups excluding carboxylic acids is 1. The van der Waals surface area contributed by atoms with Crippen molar-refractivity contribution in [3.05, 3.63) is 11.8 Å². The number of hydrogen-bond donors (Lipinski definition) is 2. The van der Waals surface area contributed by atoms with Gasteiger partial charge in [-0.3, -0.25) is 4.79 Å².